The van der Waals surface area contributed by atoms with Crippen molar-refractivity contribution >= 4 is 11.8 Å². The Morgan fingerprint density at radius 2 is 1.71 bits per heavy atom. The van der Waals surface area contributed by atoms with Crippen LogP contribution in [0, 0.1) is 13.8 Å². The maximum Gasteiger partial charge on any atom is 0.210 e. The SMILES string of the molecule is COc1ccccc1-c1nnc(SCc2c(C)cc(C(C)(C)C)cc2C)n1N. The molecule has 0 saturated heterocycles. The van der Waals surface area contributed by atoms with E-state index in [-0.39, 0.29) is 5.41 Å². The van der Waals surface area contributed by atoms with Crippen LogP contribution in [0.2, 0.25) is 0 Å². The highest BCUT2D eigenvalue weighted by Gasteiger charge is 2.18. The van der Waals surface area contributed by atoms with E-state index in [2.05, 4.69) is 56.9 Å². The summed E-state index contributed by atoms with van der Waals surface area (Å²) in [5, 5.41) is 9.26. The minimum absolute atomic E-state index is 0.141. The zero-order chi connectivity index (χ0) is 20.5. The third kappa shape index (κ3) is 4.02. The second-order valence-electron chi connectivity index (χ2n) is 8.00. The standard InChI is InChI=1S/C22H28N4OS/c1-14-11-16(22(3,4)5)12-15(2)18(14)13-28-21-25-24-20(26(21)23)17-9-7-8-10-19(17)27-6/h7-12H,13,23H2,1-6H3. The Hall–Kier alpha value is -2.47. The molecule has 0 aliphatic carbocycles. The molecule has 0 unspecified atom stereocenters. The average Bonchev–Trinajstić information content (AvgIpc) is 3.00. The Morgan fingerprint density at radius 3 is 2.32 bits per heavy atom. The second-order valence-corrected chi connectivity index (χ2v) is 8.95. The first kappa shape index (κ1) is 20.3. The van der Waals surface area contributed by atoms with Gasteiger partial charge in [0.2, 0.25) is 5.16 Å². The molecule has 0 spiro atoms. The smallest absolute Gasteiger partial charge is 0.210 e. The van der Waals surface area contributed by atoms with Gasteiger partial charge in [-0.2, -0.15) is 0 Å². The molecule has 0 fully saturated rings. The molecule has 6 heteroatoms. The monoisotopic (exact) mass is 396 g/mol. The number of rotatable bonds is 5. The van der Waals surface area contributed by atoms with Crippen molar-refractivity contribution in [1.29, 1.82) is 0 Å². The largest absolute Gasteiger partial charge is 0.496 e. The average molecular weight is 397 g/mol. The summed E-state index contributed by atoms with van der Waals surface area (Å²) >= 11 is 1.59. The summed E-state index contributed by atoms with van der Waals surface area (Å²) in [6.45, 7) is 11.1. The Bertz CT molecular complexity index is 965. The summed E-state index contributed by atoms with van der Waals surface area (Å²) in [6, 6.07) is 12.2. The van der Waals surface area contributed by atoms with Crippen LogP contribution in [0.3, 0.4) is 0 Å². The number of benzene rings is 2. The Morgan fingerprint density at radius 1 is 1.07 bits per heavy atom. The zero-order valence-corrected chi connectivity index (χ0v) is 18.2. The molecule has 0 bridgehead atoms. The third-order valence-electron chi connectivity index (χ3n) is 4.92. The summed E-state index contributed by atoms with van der Waals surface area (Å²) in [7, 11) is 1.64. The van der Waals surface area contributed by atoms with E-state index in [1.165, 1.54) is 26.9 Å². The highest BCUT2D eigenvalue weighted by Crippen LogP contribution is 2.32. The molecule has 0 aliphatic heterocycles. The number of aryl methyl sites for hydroxylation is 2. The lowest BCUT2D eigenvalue weighted by molar-refractivity contribution is 0.416. The molecule has 0 saturated carbocycles. The van der Waals surface area contributed by atoms with Crippen molar-refractivity contribution in [2.75, 3.05) is 13.0 Å². The number of nitrogens with zero attached hydrogens (tertiary/aromatic N) is 3. The number of nitrogens with two attached hydrogens (primary N) is 1. The van der Waals surface area contributed by atoms with E-state index in [0.717, 1.165) is 17.1 Å². The predicted octanol–water partition coefficient (Wildman–Crippen LogP) is 4.87. The van der Waals surface area contributed by atoms with Gasteiger partial charge in [-0.1, -0.05) is 56.8 Å². The molecular weight excluding hydrogens is 368 g/mol. The van der Waals surface area contributed by atoms with Crippen molar-refractivity contribution in [3.05, 3.63) is 58.7 Å². The van der Waals surface area contributed by atoms with Gasteiger partial charge in [-0.15, -0.1) is 10.2 Å². The summed E-state index contributed by atoms with van der Waals surface area (Å²) in [5.74, 6) is 8.41. The second kappa shape index (κ2) is 7.87. The lowest BCUT2D eigenvalue weighted by Gasteiger charge is -2.22. The van der Waals surface area contributed by atoms with Crippen molar-refractivity contribution in [3.63, 3.8) is 0 Å². The highest BCUT2D eigenvalue weighted by atomic mass is 32.2. The van der Waals surface area contributed by atoms with Crippen LogP contribution in [0.4, 0.5) is 0 Å². The number of thioether (sulfide) groups is 1. The number of nitrogen functional groups attached to an aromatic ring is 1. The zero-order valence-electron chi connectivity index (χ0n) is 17.4. The van der Waals surface area contributed by atoms with Gasteiger partial charge in [-0.3, -0.25) is 0 Å². The van der Waals surface area contributed by atoms with Crippen LogP contribution in [0.5, 0.6) is 5.75 Å². The first-order chi connectivity index (χ1) is 13.2. The number of hydrogen-bond acceptors (Lipinski definition) is 5. The van der Waals surface area contributed by atoms with Crippen LogP contribution in [-0.2, 0) is 11.2 Å². The minimum Gasteiger partial charge on any atom is -0.496 e. The van der Waals surface area contributed by atoms with E-state index < -0.39 is 0 Å². The van der Waals surface area contributed by atoms with E-state index >= 15 is 0 Å². The molecule has 2 aromatic carbocycles. The molecular formula is C22H28N4OS. The molecule has 3 aromatic rings. The first-order valence-corrected chi connectivity index (χ1v) is 10.3. The van der Waals surface area contributed by atoms with E-state index in [1.807, 2.05) is 24.3 Å². The molecule has 5 nitrogen and oxygen atoms in total. The quantitative estimate of drug-likeness (QED) is 0.492. The van der Waals surface area contributed by atoms with Gasteiger partial charge in [0.15, 0.2) is 5.82 Å². The van der Waals surface area contributed by atoms with Gasteiger partial charge >= 0.3 is 0 Å². The number of aromatic nitrogens is 3. The Balaban J connectivity index is 1.84. The van der Waals surface area contributed by atoms with E-state index in [4.69, 9.17) is 10.6 Å². The van der Waals surface area contributed by atoms with Crippen LogP contribution >= 0.6 is 11.8 Å². The molecule has 1 heterocycles. The van der Waals surface area contributed by atoms with Gasteiger partial charge < -0.3 is 10.6 Å². The van der Waals surface area contributed by atoms with Crippen LogP contribution in [0.25, 0.3) is 11.4 Å². The predicted molar refractivity (Wildman–Crippen MR) is 116 cm³/mol. The molecule has 3 rings (SSSR count). The van der Waals surface area contributed by atoms with Crippen molar-refractivity contribution in [1.82, 2.24) is 14.9 Å². The molecule has 0 radical (unpaired) electrons. The lowest BCUT2D eigenvalue weighted by Crippen LogP contribution is -2.13. The van der Waals surface area contributed by atoms with Gasteiger partial charge in [0.05, 0.1) is 12.7 Å². The van der Waals surface area contributed by atoms with Crippen LogP contribution < -0.4 is 10.6 Å². The molecule has 0 aliphatic rings. The normalized spacial score (nSPS) is 11.6. The minimum atomic E-state index is 0.141. The summed E-state index contributed by atoms with van der Waals surface area (Å²) < 4.78 is 6.96. The summed E-state index contributed by atoms with van der Waals surface area (Å²) in [6.07, 6.45) is 0. The molecule has 0 amide bonds. The molecule has 0 atom stereocenters. The maximum absolute atomic E-state index is 6.30. The number of para-hydroxylation sites is 1. The molecule has 148 valence electrons. The topological polar surface area (TPSA) is 66.0 Å². The number of methoxy groups -OCH3 is 1. The Labute approximate surface area is 171 Å². The molecule has 2 N–H and O–H groups in total. The fraction of sp³-hybridized carbons (Fsp3) is 0.364. The van der Waals surface area contributed by atoms with Crippen molar-refractivity contribution in [2.24, 2.45) is 0 Å². The van der Waals surface area contributed by atoms with Gasteiger partial charge in [-0.05, 0) is 53.6 Å². The molecule has 1 aromatic heterocycles. The van der Waals surface area contributed by atoms with Gasteiger partial charge in [0, 0.05) is 5.75 Å². The maximum atomic E-state index is 6.30. The lowest BCUT2D eigenvalue weighted by atomic mass is 9.84. The highest BCUT2D eigenvalue weighted by molar-refractivity contribution is 7.98. The van der Waals surface area contributed by atoms with Crippen LogP contribution in [0.15, 0.2) is 41.6 Å². The van der Waals surface area contributed by atoms with Crippen molar-refractivity contribution < 1.29 is 4.74 Å². The first-order valence-electron chi connectivity index (χ1n) is 9.29. The summed E-state index contributed by atoms with van der Waals surface area (Å²) in [4.78, 5) is 0. The van der Waals surface area contributed by atoms with Gasteiger partial charge in [-0.25, -0.2) is 4.68 Å². The number of ether oxygens (including phenoxy) is 1. The molecule has 28 heavy (non-hydrogen) atoms. The Kier molecular flexibility index (Phi) is 5.70. The van der Waals surface area contributed by atoms with Crippen LogP contribution in [0.1, 0.15) is 43.0 Å². The van der Waals surface area contributed by atoms with E-state index in [9.17, 15) is 0 Å². The van der Waals surface area contributed by atoms with Crippen molar-refractivity contribution in [3.8, 4) is 17.1 Å². The third-order valence-corrected chi connectivity index (χ3v) is 5.89. The van der Waals surface area contributed by atoms with E-state index in [1.54, 1.807) is 18.9 Å². The number of hydrogen-bond donors (Lipinski definition) is 1. The fourth-order valence-corrected chi connectivity index (χ4v) is 4.23. The van der Waals surface area contributed by atoms with Crippen LogP contribution in [-0.4, -0.2) is 22.0 Å². The van der Waals surface area contributed by atoms with E-state index in [0.29, 0.717) is 11.0 Å². The van der Waals surface area contributed by atoms with Crippen molar-refractivity contribution in [2.45, 2.75) is 50.9 Å². The fourth-order valence-electron chi connectivity index (χ4n) is 3.18. The summed E-state index contributed by atoms with van der Waals surface area (Å²) in [5.41, 5.74) is 6.24. The van der Waals surface area contributed by atoms with Gasteiger partial charge in [0.1, 0.15) is 5.75 Å². The van der Waals surface area contributed by atoms with Gasteiger partial charge in [0.25, 0.3) is 0 Å².